The zero-order valence-electron chi connectivity index (χ0n) is 13.6. The Labute approximate surface area is 156 Å². The van der Waals surface area contributed by atoms with E-state index in [2.05, 4.69) is 25.1 Å². The third-order valence-electron chi connectivity index (χ3n) is 3.41. The van der Waals surface area contributed by atoms with Gasteiger partial charge < -0.3 is 5.32 Å². The maximum atomic E-state index is 13.0. The van der Waals surface area contributed by atoms with E-state index in [1.165, 1.54) is 0 Å². The van der Waals surface area contributed by atoms with Crippen LogP contribution < -0.4 is 5.32 Å². The van der Waals surface area contributed by atoms with Gasteiger partial charge in [-0.3, -0.25) is 9.36 Å². The number of hydrogen-bond donors (Lipinski definition) is 1. The topological polar surface area (TPSA) is 85.6 Å². The number of halogens is 6. The first-order chi connectivity index (χ1) is 13.0. The molecule has 0 saturated heterocycles. The van der Waals surface area contributed by atoms with Gasteiger partial charge in [-0.1, -0.05) is 4.49 Å². The lowest BCUT2D eigenvalue weighted by atomic mass is 10.2. The molecule has 2 aromatic heterocycles. The lowest BCUT2D eigenvalue weighted by Gasteiger charge is -2.14. The summed E-state index contributed by atoms with van der Waals surface area (Å²) >= 11 is 0.844. The quantitative estimate of drug-likeness (QED) is 0.651. The van der Waals surface area contributed by atoms with E-state index in [1.807, 2.05) is 0 Å². The maximum Gasteiger partial charge on any atom is 0.452 e. The minimum atomic E-state index is -5.15. The number of aromatic nitrogens is 5. The number of hydrogen-bond acceptors (Lipinski definition) is 6. The second kappa shape index (κ2) is 6.85. The van der Waals surface area contributed by atoms with E-state index in [4.69, 9.17) is 0 Å². The molecule has 7 nitrogen and oxygen atoms in total. The Morgan fingerprint density at radius 2 is 1.50 bits per heavy atom. The van der Waals surface area contributed by atoms with Crippen molar-refractivity contribution in [3.05, 3.63) is 46.5 Å². The van der Waals surface area contributed by atoms with Crippen LogP contribution in [0.25, 0.3) is 5.69 Å². The molecule has 28 heavy (non-hydrogen) atoms. The third kappa shape index (κ3) is 3.81. The molecule has 1 N–H and O–H groups in total. The van der Waals surface area contributed by atoms with Crippen LogP contribution in [-0.4, -0.2) is 30.3 Å². The zero-order valence-corrected chi connectivity index (χ0v) is 14.4. The summed E-state index contributed by atoms with van der Waals surface area (Å²) in [5.41, 5.74) is 0.0586. The van der Waals surface area contributed by atoms with Crippen molar-refractivity contribution in [1.82, 2.24) is 24.4 Å². The van der Waals surface area contributed by atoms with Gasteiger partial charge in [0.15, 0.2) is 0 Å². The fourth-order valence-electron chi connectivity index (χ4n) is 2.22. The molecule has 0 unspecified atom stereocenters. The number of carbonyl (C=O) groups is 1. The fourth-order valence-corrected chi connectivity index (χ4v) is 2.77. The van der Waals surface area contributed by atoms with Crippen LogP contribution in [0, 0.1) is 6.92 Å². The average Bonchev–Trinajstić information content (AvgIpc) is 3.21. The van der Waals surface area contributed by atoms with Crippen LogP contribution in [0.15, 0.2) is 24.3 Å². The molecule has 0 spiro atoms. The van der Waals surface area contributed by atoms with Gasteiger partial charge in [0.05, 0.1) is 5.69 Å². The van der Waals surface area contributed by atoms with Crippen molar-refractivity contribution < 1.29 is 31.1 Å². The van der Waals surface area contributed by atoms with Crippen molar-refractivity contribution in [2.24, 2.45) is 0 Å². The number of amides is 1. The largest absolute Gasteiger partial charge is 0.452 e. The van der Waals surface area contributed by atoms with Gasteiger partial charge in [0.25, 0.3) is 5.91 Å². The highest BCUT2D eigenvalue weighted by atomic mass is 32.1. The van der Waals surface area contributed by atoms with Crippen LogP contribution in [0.1, 0.15) is 27.0 Å². The van der Waals surface area contributed by atoms with Crippen LogP contribution in [0.5, 0.6) is 0 Å². The first-order valence-corrected chi connectivity index (χ1v) is 8.06. The maximum absolute atomic E-state index is 13.0. The molecule has 1 amide bonds. The molecular formula is C14H8F6N6OS. The Bertz CT molecular complexity index is 975. The highest BCUT2D eigenvalue weighted by Gasteiger charge is 2.45. The summed E-state index contributed by atoms with van der Waals surface area (Å²) in [7, 11) is 0. The highest BCUT2D eigenvalue weighted by molar-refractivity contribution is 7.08. The Hall–Kier alpha value is -3.03. The monoisotopic (exact) mass is 422 g/mol. The van der Waals surface area contributed by atoms with E-state index in [-0.39, 0.29) is 15.1 Å². The van der Waals surface area contributed by atoms with Crippen LogP contribution in [-0.2, 0) is 12.4 Å². The Morgan fingerprint density at radius 3 is 1.93 bits per heavy atom. The molecule has 0 saturated carbocycles. The van der Waals surface area contributed by atoms with Gasteiger partial charge in [-0.15, -0.1) is 15.3 Å². The van der Waals surface area contributed by atoms with Crippen molar-refractivity contribution in [2.75, 3.05) is 5.32 Å². The number of alkyl halides is 6. The summed E-state index contributed by atoms with van der Waals surface area (Å²) in [6.07, 6.45) is -10.3. The van der Waals surface area contributed by atoms with E-state index in [1.54, 1.807) is 6.92 Å². The first-order valence-electron chi connectivity index (χ1n) is 7.29. The van der Waals surface area contributed by atoms with Gasteiger partial charge in [0.2, 0.25) is 11.6 Å². The molecule has 2 heterocycles. The normalized spacial score (nSPS) is 12.2. The molecule has 148 valence electrons. The second-order valence-electron chi connectivity index (χ2n) is 5.37. The smallest absolute Gasteiger partial charge is 0.321 e. The summed E-state index contributed by atoms with van der Waals surface area (Å²) in [4.78, 5) is 12.3. The zero-order chi connectivity index (χ0) is 20.7. The summed E-state index contributed by atoms with van der Waals surface area (Å²) in [6.45, 7) is 1.56. The van der Waals surface area contributed by atoms with E-state index in [9.17, 15) is 31.1 Å². The van der Waals surface area contributed by atoms with Crippen molar-refractivity contribution in [2.45, 2.75) is 19.3 Å². The van der Waals surface area contributed by atoms with Crippen LogP contribution >= 0.6 is 11.5 Å². The molecule has 3 aromatic rings. The number of anilines is 1. The third-order valence-corrected chi connectivity index (χ3v) is 4.24. The minimum Gasteiger partial charge on any atom is -0.321 e. The SMILES string of the molecule is Cc1nnsc1C(=O)Nc1ccc(-n2c(C(F)(F)F)nnc2C(F)(F)F)cc1. The molecule has 3 rings (SSSR count). The molecule has 0 aliphatic carbocycles. The van der Waals surface area contributed by atoms with Crippen molar-refractivity contribution in [3.8, 4) is 5.69 Å². The van der Waals surface area contributed by atoms with Crippen LogP contribution in [0.3, 0.4) is 0 Å². The molecule has 1 aromatic carbocycles. The van der Waals surface area contributed by atoms with Crippen LogP contribution in [0.4, 0.5) is 32.0 Å². The predicted octanol–water partition coefficient (Wildman–Crippen LogP) is 3.72. The molecule has 14 heteroatoms. The Morgan fingerprint density at radius 1 is 0.964 bits per heavy atom. The molecule has 0 bridgehead atoms. The van der Waals surface area contributed by atoms with Crippen molar-refractivity contribution in [3.63, 3.8) is 0 Å². The van der Waals surface area contributed by atoms with E-state index < -0.39 is 35.6 Å². The van der Waals surface area contributed by atoms with Gasteiger partial charge in [0, 0.05) is 11.4 Å². The number of carbonyl (C=O) groups excluding carboxylic acids is 1. The number of nitrogens with zero attached hydrogens (tertiary/aromatic N) is 5. The van der Waals surface area contributed by atoms with E-state index in [0.717, 1.165) is 35.8 Å². The molecule has 0 fully saturated rings. The summed E-state index contributed by atoms with van der Waals surface area (Å²) in [6, 6.07) is 4.25. The van der Waals surface area contributed by atoms with Crippen LogP contribution in [0.2, 0.25) is 0 Å². The lowest BCUT2D eigenvalue weighted by Crippen LogP contribution is -2.19. The predicted molar refractivity (Wildman–Crippen MR) is 84.0 cm³/mol. The molecular weight excluding hydrogens is 414 g/mol. The van der Waals surface area contributed by atoms with Gasteiger partial charge >= 0.3 is 12.4 Å². The van der Waals surface area contributed by atoms with Gasteiger partial charge in [-0.05, 0) is 42.7 Å². The van der Waals surface area contributed by atoms with Gasteiger partial charge in [-0.2, -0.15) is 26.3 Å². The number of nitrogens with one attached hydrogen (secondary N) is 1. The Balaban J connectivity index is 1.95. The van der Waals surface area contributed by atoms with Gasteiger partial charge in [0.1, 0.15) is 4.88 Å². The lowest BCUT2D eigenvalue weighted by molar-refractivity contribution is -0.153. The average molecular weight is 422 g/mol. The molecule has 0 aliphatic rings. The van der Waals surface area contributed by atoms with E-state index >= 15 is 0 Å². The summed E-state index contributed by atoms with van der Waals surface area (Å²) < 4.78 is 81.6. The van der Waals surface area contributed by atoms with Crippen molar-refractivity contribution in [1.29, 1.82) is 0 Å². The fraction of sp³-hybridized carbons (Fsp3) is 0.214. The standard InChI is InChI=1S/C14H8F6N6OS/c1-6-9(28-25-22-6)10(27)21-7-2-4-8(5-3-7)26-11(13(15,16)17)23-24-12(26)14(18,19)20/h2-5H,1H3,(H,21,27). The van der Waals surface area contributed by atoms with Gasteiger partial charge in [-0.25, -0.2) is 0 Å². The molecule has 0 radical (unpaired) electrons. The number of rotatable bonds is 3. The second-order valence-corrected chi connectivity index (χ2v) is 6.12. The summed E-state index contributed by atoms with van der Waals surface area (Å²) in [5, 5.41) is 11.4. The first kappa shape index (κ1) is 19.7. The highest BCUT2D eigenvalue weighted by Crippen LogP contribution is 2.36. The number of benzene rings is 1. The summed E-state index contributed by atoms with van der Waals surface area (Å²) in [5.74, 6) is -4.19. The molecule has 0 atom stereocenters. The Kier molecular flexibility index (Phi) is 4.82. The van der Waals surface area contributed by atoms with E-state index in [0.29, 0.717) is 5.69 Å². The minimum absolute atomic E-state index is 0.136. The molecule has 0 aliphatic heterocycles. The van der Waals surface area contributed by atoms with Crippen molar-refractivity contribution >= 4 is 23.1 Å². The number of aryl methyl sites for hydroxylation is 1.